The van der Waals surface area contributed by atoms with Gasteiger partial charge < -0.3 is 25.8 Å². The van der Waals surface area contributed by atoms with E-state index in [0.717, 1.165) is 28.9 Å². The summed E-state index contributed by atoms with van der Waals surface area (Å²) in [5.41, 5.74) is 8.86. The Morgan fingerprint density at radius 3 is 2.17 bits per heavy atom. The monoisotopic (exact) mass is 490 g/mol. The summed E-state index contributed by atoms with van der Waals surface area (Å²) in [6.45, 7) is 1.69. The third-order valence-corrected chi connectivity index (χ3v) is 5.34. The molecular formula is C26H27ClN6O2. The molecule has 2 aromatic heterocycles. The first-order valence-electron chi connectivity index (χ1n) is 11.2. The molecule has 4 aromatic rings. The van der Waals surface area contributed by atoms with Gasteiger partial charge in [-0.15, -0.1) is 0 Å². The second kappa shape index (κ2) is 12.0. The van der Waals surface area contributed by atoms with Crippen LogP contribution in [-0.2, 0) is 19.5 Å². The Hall–Kier alpha value is -3.88. The van der Waals surface area contributed by atoms with Gasteiger partial charge in [0.1, 0.15) is 17.3 Å². The third-order valence-electron chi connectivity index (χ3n) is 5.14. The van der Waals surface area contributed by atoms with Crippen molar-refractivity contribution in [1.82, 2.24) is 15.0 Å². The molecule has 0 unspecified atom stereocenters. The van der Waals surface area contributed by atoms with Crippen LogP contribution >= 0.6 is 11.6 Å². The summed E-state index contributed by atoms with van der Waals surface area (Å²) in [5.74, 6) is 3.16. The van der Waals surface area contributed by atoms with E-state index in [1.165, 1.54) is 0 Å². The maximum atomic E-state index is 6.07. The van der Waals surface area contributed by atoms with Crippen molar-refractivity contribution in [2.24, 2.45) is 5.73 Å². The van der Waals surface area contributed by atoms with Crippen molar-refractivity contribution in [3.05, 3.63) is 94.8 Å². The van der Waals surface area contributed by atoms with E-state index < -0.39 is 0 Å². The van der Waals surface area contributed by atoms with Crippen LogP contribution in [0.25, 0.3) is 0 Å². The zero-order chi connectivity index (χ0) is 24.5. The minimum atomic E-state index is 0.477. The number of benzene rings is 2. The van der Waals surface area contributed by atoms with Crippen molar-refractivity contribution < 1.29 is 9.47 Å². The average Bonchev–Trinajstić information content (AvgIpc) is 2.89. The van der Waals surface area contributed by atoms with Gasteiger partial charge in [0.15, 0.2) is 0 Å². The number of ether oxygens (including phenoxy) is 2. The zero-order valence-corrected chi connectivity index (χ0v) is 20.1. The van der Waals surface area contributed by atoms with E-state index in [9.17, 15) is 0 Å². The van der Waals surface area contributed by atoms with Crippen LogP contribution in [0.15, 0.2) is 73.1 Å². The van der Waals surface area contributed by atoms with Crippen molar-refractivity contribution in [2.45, 2.75) is 19.5 Å². The van der Waals surface area contributed by atoms with Crippen LogP contribution in [0.4, 0.5) is 11.8 Å². The van der Waals surface area contributed by atoms with Crippen LogP contribution in [-0.4, -0.2) is 28.6 Å². The lowest BCUT2D eigenvalue weighted by atomic mass is 10.1. The second-order valence-electron chi connectivity index (χ2n) is 7.76. The Bertz CT molecular complexity index is 1220. The Balaban J connectivity index is 1.50. The number of pyridine rings is 1. The molecule has 2 heterocycles. The topological polar surface area (TPSA) is 107 Å². The summed E-state index contributed by atoms with van der Waals surface area (Å²) in [6, 6.07) is 19.6. The quantitative estimate of drug-likeness (QED) is 0.268. The molecule has 2 aromatic carbocycles. The molecule has 180 valence electrons. The highest BCUT2D eigenvalue weighted by molar-refractivity contribution is 6.30. The number of nitrogens with two attached hydrogens (primary N) is 1. The van der Waals surface area contributed by atoms with Crippen molar-refractivity contribution in [2.75, 3.05) is 24.3 Å². The summed E-state index contributed by atoms with van der Waals surface area (Å²) in [6.07, 6.45) is 3.92. The van der Waals surface area contributed by atoms with E-state index >= 15 is 0 Å². The van der Waals surface area contributed by atoms with Crippen molar-refractivity contribution >= 4 is 23.4 Å². The zero-order valence-electron chi connectivity index (χ0n) is 19.4. The standard InChI is InChI=1S/C26H27ClN6O2/c1-34-22-6-4-19(5-7-22)14-29-24-12-20(15-30-26-31-16-21(27)17-32-26)13-25(33-24)35-23-8-2-18(3-9-23)10-11-28/h2-9,12-13,16-17H,10-11,14-15,28H2,1H3,(H,29,33)(H,30,31,32). The molecule has 0 atom stereocenters. The molecule has 0 amide bonds. The number of rotatable bonds is 11. The van der Waals surface area contributed by atoms with Crippen LogP contribution in [0.2, 0.25) is 5.02 Å². The molecule has 0 radical (unpaired) electrons. The van der Waals surface area contributed by atoms with E-state index in [2.05, 4.69) is 25.6 Å². The second-order valence-corrected chi connectivity index (χ2v) is 8.20. The summed E-state index contributed by atoms with van der Waals surface area (Å²) in [4.78, 5) is 13.0. The number of hydrogen-bond donors (Lipinski definition) is 3. The fourth-order valence-electron chi connectivity index (χ4n) is 3.34. The van der Waals surface area contributed by atoms with Crippen molar-refractivity contribution in [3.8, 4) is 17.4 Å². The predicted molar refractivity (Wildman–Crippen MR) is 138 cm³/mol. The molecular weight excluding hydrogens is 464 g/mol. The fraction of sp³-hybridized carbons (Fsp3) is 0.192. The normalized spacial score (nSPS) is 10.6. The van der Waals surface area contributed by atoms with Crippen molar-refractivity contribution in [1.29, 1.82) is 0 Å². The maximum Gasteiger partial charge on any atom is 0.222 e. The molecule has 0 aliphatic carbocycles. The van der Waals surface area contributed by atoms with Gasteiger partial charge in [0.2, 0.25) is 11.8 Å². The fourth-order valence-corrected chi connectivity index (χ4v) is 3.43. The van der Waals surface area contributed by atoms with Gasteiger partial charge in [0, 0.05) is 19.2 Å². The molecule has 9 heteroatoms. The number of halogens is 1. The van der Waals surface area contributed by atoms with Crippen LogP contribution in [0, 0.1) is 0 Å². The average molecular weight is 491 g/mol. The Kier molecular flexibility index (Phi) is 8.32. The largest absolute Gasteiger partial charge is 0.497 e. The van der Waals surface area contributed by atoms with Gasteiger partial charge in [0.05, 0.1) is 24.5 Å². The molecule has 0 bridgehead atoms. The Labute approximate surface area is 209 Å². The molecule has 0 saturated heterocycles. The number of hydrogen-bond acceptors (Lipinski definition) is 8. The Morgan fingerprint density at radius 2 is 1.49 bits per heavy atom. The number of aromatic nitrogens is 3. The third kappa shape index (κ3) is 7.30. The molecule has 0 aliphatic heterocycles. The van der Waals surface area contributed by atoms with Gasteiger partial charge >= 0.3 is 0 Å². The molecule has 0 fully saturated rings. The van der Waals surface area contributed by atoms with Crippen LogP contribution in [0.1, 0.15) is 16.7 Å². The first-order valence-corrected chi connectivity index (χ1v) is 11.5. The van der Waals surface area contributed by atoms with Crippen LogP contribution in [0.5, 0.6) is 17.4 Å². The molecule has 4 N–H and O–H groups in total. The lowest BCUT2D eigenvalue weighted by Crippen LogP contribution is -2.07. The summed E-state index contributed by atoms with van der Waals surface area (Å²) in [7, 11) is 1.65. The first kappa shape index (κ1) is 24.3. The van der Waals surface area contributed by atoms with E-state index in [0.29, 0.717) is 48.1 Å². The number of nitrogens with zero attached hydrogens (tertiary/aromatic N) is 3. The van der Waals surface area contributed by atoms with E-state index in [1.54, 1.807) is 19.5 Å². The van der Waals surface area contributed by atoms with Crippen LogP contribution in [0.3, 0.4) is 0 Å². The van der Waals surface area contributed by atoms with Gasteiger partial charge in [0.25, 0.3) is 0 Å². The minimum absolute atomic E-state index is 0.477. The summed E-state index contributed by atoms with van der Waals surface area (Å²) >= 11 is 5.88. The van der Waals surface area contributed by atoms with Gasteiger partial charge in [-0.05, 0) is 60.0 Å². The van der Waals surface area contributed by atoms with E-state index in [4.69, 9.17) is 26.8 Å². The summed E-state index contributed by atoms with van der Waals surface area (Å²) in [5, 5.41) is 7.05. The smallest absolute Gasteiger partial charge is 0.222 e. The first-order chi connectivity index (χ1) is 17.1. The Morgan fingerprint density at radius 1 is 0.829 bits per heavy atom. The summed E-state index contributed by atoms with van der Waals surface area (Å²) < 4.78 is 11.3. The molecule has 0 aliphatic rings. The van der Waals surface area contributed by atoms with Gasteiger partial charge in [-0.25, -0.2) is 9.97 Å². The molecule has 4 rings (SSSR count). The molecule has 35 heavy (non-hydrogen) atoms. The van der Waals surface area contributed by atoms with Crippen LogP contribution < -0.4 is 25.8 Å². The lowest BCUT2D eigenvalue weighted by molar-refractivity contribution is 0.414. The van der Waals surface area contributed by atoms with Gasteiger partial charge in [-0.1, -0.05) is 35.9 Å². The molecule has 0 spiro atoms. The minimum Gasteiger partial charge on any atom is -0.497 e. The molecule has 8 nitrogen and oxygen atoms in total. The van der Waals surface area contributed by atoms with Crippen molar-refractivity contribution in [3.63, 3.8) is 0 Å². The number of methoxy groups -OCH3 is 1. The number of anilines is 2. The highest BCUT2D eigenvalue weighted by Gasteiger charge is 2.08. The lowest BCUT2D eigenvalue weighted by Gasteiger charge is -2.13. The van der Waals surface area contributed by atoms with E-state index in [1.807, 2.05) is 60.7 Å². The highest BCUT2D eigenvalue weighted by atomic mass is 35.5. The maximum absolute atomic E-state index is 6.07. The highest BCUT2D eigenvalue weighted by Crippen LogP contribution is 2.24. The predicted octanol–water partition coefficient (Wildman–Crippen LogP) is 5.05. The van der Waals surface area contributed by atoms with Gasteiger partial charge in [-0.2, -0.15) is 4.98 Å². The number of nitrogens with one attached hydrogen (secondary N) is 2. The van der Waals surface area contributed by atoms with E-state index in [-0.39, 0.29) is 0 Å². The van der Waals surface area contributed by atoms with Gasteiger partial charge in [-0.3, -0.25) is 0 Å². The SMILES string of the molecule is COc1ccc(CNc2cc(CNc3ncc(Cl)cn3)cc(Oc3ccc(CCN)cc3)n2)cc1. The molecule has 0 saturated carbocycles.